The third-order valence-electron chi connectivity index (χ3n) is 2.92. The molecule has 3 nitrogen and oxygen atoms in total. The molecule has 0 radical (unpaired) electrons. The molecule has 0 aliphatic heterocycles. The van der Waals surface area contributed by atoms with Gasteiger partial charge in [0.25, 0.3) is 0 Å². The van der Waals surface area contributed by atoms with Crippen LogP contribution in [0.2, 0.25) is 0 Å². The van der Waals surface area contributed by atoms with Gasteiger partial charge in [0.2, 0.25) is 5.88 Å². The summed E-state index contributed by atoms with van der Waals surface area (Å²) in [5, 5.41) is 9.35. The van der Waals surface area contributed by atoms with Crippen LogP contribution in [0.1, 0.15) is 32.0 Å². The topological polar surface area (TPSA) is 42.4 Å². The molecule has 21 heavy (non-hydrogen) atoms. The van der Waals surface area contributed by atoms with Crippen LogP contribution in [0.15, 0.2) is 34.8 Å². The molecule has 1 aromatic carbocycles. The molecule has 0 aliphatic carbocycles. The lowest BCUT2D eigenvalue weighted by molar-refractivity contribution is 0.280. The van der Waals surface area contributed by atoms with Crippen molar-refractivity contribution >= 4 is 15.9 Å². The van der Waals surface area contributed by atoms with Crippen molar-refractivity contribution in [2.75, 3.05) is 0 Å². The van der Waals surface area contributed by atoms with E-state index in [4.69, 9.17) is 4.74 Å². The Hall–Kier alpha value is -1.46. The SMILES string of the molecule is CC(C)(C)c1cc(CO)cc(Oc2ccc(Br)cc2F)n1. The van der Waals surface area contributed by atoms with Crippen LogP contribution in [0.25, 0.3) is 0 Å². The molecule has 0 saturated carbocycles. The van der Waals surface area contributed by atoms with Gasteiger partial charge < -0.3 is 9.84 Å². The second kappa shape index (κ2) is 6.12. The Morgan fingerprint density at radius 3 is 2.52 bits per heavy atom. The third-order valence-corrected chi connectivity index (χ3v) is 3.41. The van der Waals surface area contributed by atoms with Crippen molar-refractivity contribution in [3.05, 3.63) is 51.9 Å². The van der Waals surface area contributed by atoms with E-state index >= 15 is 0 Å². The number of aliphatic hydroxyl groups is 1. The van der Waals surface area contributed by atoms with Crippen LogP contribution in [-0.4, -0.2) is 10.1 Å². The summed E-state index contributed by atoms with van der Waals surface area (Å²) < 4.78 is 20.0. The molecule has 0 saturated heterocycles. The van der Waals surface area contributed by atoms with Gasteiger partial charge in [0, 0.05) is 16.0 Å². The highest BCUT2D eigenvalue weighted by Gasteiger charge is 2.18. The molecule has 0 bridgehead atoms. The van der Waals surface area contributed by atoms with Crippen molar-refractivity contribution in [1.82, 2.24) is 4.98 Å². The number of halogens is 2. The van der Waals surface area contributed by atoms with Crippen LogP contribution in [0.4, 0.5) is 4.39 Å². The zero-order valence-electron chi connectivity index (χ0n) is 12.2. The van der Waals surface area contributed by atoms with E-state index in [0.29, 0.717) is 10.0 Å². The van der Waals surface area contributed by atoms with E-state index in [2.05, 4.69) is 20.9 Å². The first kappa shape index (κ1) is 15.9. The zero-order valence-corrected chi connectivity index (χ0v) is 13.7. The fraction of sp³-hybridized carbons (Fsp3) is 0.312. The van der Waals surface area contributed by atoms with Gasteiger partial charge in [0.15, 0.2) is 11.6 Å². The minimum absolute atomic E-state index is 0.0978. The molecule has 0 aliphatic rings. The van der Waals surface area contributed by atoms with Gasteiger partial charge in [-0.1, -0.05) is 36.7 Å². The second-order valence-corrected chi connectivity index (χ2v) is 6.70. The summed E-state index contributed by atoms with van der Waals surface area (Å²) in [5.41, 5.74) is 1.27. The first-order valence-electron chi connectivity index (χ1n) is 6.55. The zero-order chi connectivity index (χ0) is 15.6. The summed E-state index contributed by atoms with van der Waals surface area (Å²) in [6.45, 7) is 5.92. The Balaban J connectivity index is 2.39. The molecular weight excluding hydrogens is 337 g/mol. The first-order valence-corrected chi connectivity index (χ1v) is 7.34. The number of aliphatic hydroxyl groups excluding tert-OH is 1. The van der Waals surface area contributed by atoms with E-state index in [-0.39, 0.29) is 23.7 Å². The molecule has 1 aromatic heterocycles. The second-order valence-electron chi connectivity index (χ2n) is 5.78. The quantitative estimate of drug-likeness (QED) is 0.878. The van der Waals surface area contributed by atoms with Crippen LogP contribution in [0.5, 0.6) is 11.6 Å². The van der Waals surface area contributed by atoms with Gasteiger partial charge in [0.05, 0.1) is 12.3 Å². The van der Waals surface area contributed by atoms with Gasteiger partial charge >= 0.3 is 0 Å². The minimum Gasteiger partial charge on any atom is -0.436 e. The van der Waals surface area contributed by atoms with E-state index in [1.165, 1.54) is 12.1 Å². The Labute approximate surface area is 131 Å². The van der Waals surface area contributed by atoms with Gasteiger partial charge in [-0.2, -0.15) is 0 Å². The van der Waals surface area contributed by atoms with Crippen molar-refractivity contribution < 1.29 is 14.2 Å². The molecule has 1 N–H and O–H groups in total. The number of rotatable bonds is 3. The molecule has 2 rings (SSSR count). The average Bonchev–Trinajstić information content (AvgIpc) is 2.40. The molecule has 0 fully saturated rings. The maximum absolute atomic E-state index is 13.8. The normalized spacial score (nSPS) is 11.5. The number of pyridine rings is 1. The number of aromatic nitrogens is 1. The lowest BCUT2D eigenvalue weighted by atomic mass is 9.91. The number of ether oxygens (including phenoxy) is 1. The Morgan fingerprint density at radius 1 is 1.24 bits per heavy atom. The molecular formula is C16H17BrFNO2. The van der Waals surface area contributed by atoms with Gasteiger partial charge in [-0.05, 0) is 29.8 Å². The summed E-state index contributed by atoms with van der Waals surface area (Å²) in [5.74, 6) is -0.105. The van der Waals surface area contributed by atoms with Crippen molar-refractivity contribution in [3.63, 3.8) is 0 Å². The number of benzene rings is 1. The van der Waals surface area contributed by atoms with E-state index in [9.17, 15) is 9.50 Å². The number of nitrogens with zero attached hydrogens (tertiary/aromatic N) is 1. The molecule has 112 valence electrons. The maximum Gasteiger partial charge on any atom is 0.219 e. The lowest BCUT2D eigenvalue weighted by Gasteiger charge is -2.19. The Kier molecular flexibility index (Phi) is 4.64. The van der Waals surface area contributed by atoms with Gasteiger partial charge in [-0.3, -0.25) is 0 Å². The average molecular weight is 354 g/mol. The summed E-state index contributed by atoms with van der Waals surface area (Å²) in [6, 6.07) is 7.99. The van der Waals surface area contributed by atoms with Crippen molar-refractivity contribution in [1.29, 1.82) is 0 Å². The first-order chi connectivity index (χ1) is 9.79. The molecule has 1 heterocycles. The predicted octanol–water partition coefficient (Wildman–Crippen LogP) is 4.57. The van der Waals surface area contributed by atoms with Crippen molar-refractivity contribution in [2.24, 2.45) is 0 Å². The van der Waals surface area contributed by atoms with E-state index in [1.54, 1.807) is 12.1 Å². The fourth-order valence-electron chi connectivity index (χ4n) is 1.76. The largest absolute Gasteiger partial charge is 0.436 e. The molecule has 0 amide bonds. The smallest absolute Gasteiger partial charge is 0.219 e. The van der Waals surface area contributed by atoms with E-state index in [1.807, 2.05) is 26.8 Å². The Morgan fingerprint density at radius 2 is 1.95 bits per heavy atom. The summed E-state index contributed by atoms with van der Waals surface area (Å²) in [4.78, 5) is 4.40. The van der Waals surface area contributed by atoms with Crippen molar-refractivity contribution in [3.8, 4) is 11.6 Å². The molecule has 0 unspecified atom stereocenters. The van der Waals surface area contributed by atoms with E-state index < -0.39 is 5.82 Å². The van der Waals surface area contributed by atoms with Crippen molar-refractivity contribution in [2.45, 2.75) is 32.8 Å². The number of hydrogen-bond donors (Lipinski definition) is 1. The Bertz CT molecular complexity index is 653. The maximum atomic E-state index is 13.8. The highest BCUT2D eigenvalue weighted by atomic mass is 79.9. The molecule has 0 spiro atoms. The van der Waals surface area contributed by atoms with Crippen LogP contribution in [-0.2, 0) is 12.0 Å². The highest BCUT2D eigenvalue weighted by molar-refractivity contribution is 9.10. The summed E-state index contributed by atoms with van der Waals surface area (Å²) in [7, 11) is 0. The van der Waals surface area contributed by atoms with Crippen LogP contribution in [0.3, 0.4) is 0 Å². The van der Waals surface area contributed by atoms with E-state index in [0.717, 1.165) is 5.69 Å². The van der Waals surface area contributed by atoms with Gasteiger partial charge in [0.1, 0.15) is 0 Å². The molecule has 5 heteroatoms. The third kappa shape index (κ3) is 4.02. The summed E-state index contributed by atoms with van der Waals surface area (Å²) >= 11 is 3.20. The number of hydrogen-bond acceptors (Lipinski definition) is 3. The molecule has 0 atom stereocenters. The van der Waals surface area contributed by atoms with Gasteiger partial charge in [-0.25, -0.2) is 9.37 Å². The van der Waals surface area contributed by atoms with Crippen LogP contribution >= 0.6 is 15.9 Å². The van der Waals surface area contributed by atoms with Gasteiger partial charge in [-0.15, -0.1) is 0 Å². The molecule has 2 aromatic rings. The standard InChI is InChI=1S/C16H17BrFNO2/c1-16(2,3)14-6-10(9-20)7-15(19-14)21-13-5-4-11(17)8-12(13)18/h4-8,20H,9H2,1-3H3. The predicted molar refractivity (Wildman–Crippen MR) is 83.0 cm³/mol. The monoisotopic (exact) mass is 353 g/mol. The highest BCUT2D eigenvalue weighted by Crippen LogP contribution is 2.29. The fourth-order valence-corrected chi connectivity index (χ4v) is 2.09. The van der Waals surface area contributed by atoms with Crippen LogP contribution in [0, 0.1) is 5.82 Å². The summed E-state index contributed by atoms with van der Waals surface area (Å²) in [6.07, 6.45) is 0. The van der Waals surface area contributed by atoms with Crippen LogP contribution < -0.4 is 4.74 Å². The lowest BCUT2D eigenvalue weighted by Crippen LogP contribution is -2.14. The minimum atomic E-state index is -0.474.